The number of aliphatic hydroxyl groups is 1. The van der Waals surface area contributed by atoms with Crippen LogP contribution in [0.1, 0.15) is 34.8 Å². The molecule has 3 rings (SSSR count). The van der Waals surface area contributed by atoms with E-state index in [-0.39, 0.29) is 17.6 Å². The average Bonchev–Trinajstić information content (AvgIpc) is 2.88. The highest BCUT2D eigenvalue weighted by atomic mass is 19.1. The van der Waals surface area contributed by atoms with Crippen molar-refractivity contribution < 1.29 is 19.4 Å². The van der Waals surface area contributed by atoms with Crippen molar-refractivity contribution >= 4 is 5.91 Å². The minimum absolute atomic E-state index is 0.0482. The first kappa shape index (κ1) is 15.5. The van der Waals surface area contributed by atoms with Crippen molar-refractivity contribution in [2.75, 3.05) is 0 Å². The summed E-state index contributed by atoms with van der Waals surface area (Å²) in [5.74, 6) is -1.81. The Bertz CT molecular complexity index is 705. The number of amides is 1. The second-order valence-electron chi connectivity index (χ2n) is 5.92. The molecule has 1 amide bonds. The lowest BCUT2D eigenvalue weighted by atomic mass is 9.75. The second kappa shape index (κ2) is 6.00. The first-order chi connectivity index (χ1) is 11.0. The highest BCUT2D eigenvalue weighted by Gasteiger charge is 2.36. The number of phenolic OH excluding ortho intramolecular Hbond substituents is 1. The summed E-state index contributed by atoms with van der Waals surface area (Å²) in [5.41, 5.74) is 0.412. The summed E-state index contributed by atoms with van der Waals surface area (Å²) in [6.07, 6.45) is 4.15. The van der Waals surface area contributed by atoms with Gasteiger partial charge in [-0.1, -0.05) is 6.07 Å². The molecule has 2 aromatic rings. The number of rotatable bonds is 4. The van der Waals surface area contributed by atoms with E-state index in [0.717, 1.165) is 11.6 Å². The van der Waals surface area contributed by atoms with E-state index in [4.69, 9.17) is 0 Å². The maximum Gasteiger partial charge on any atom is 0.258 e. The number of carbonyl (C=O) groups excluding carboxylic acids is 1. The number of aromatic nitrogens is 2. The third-order valence-electron chi connectivity index (χ3n) is 4.21. The van der Waals surface area contributed by atoms with Crippen molar-refractivity contribution in [2.24, 2.45) is 13.0 Å². The van der Waals surface area contributed by atoms with Crippen LogP contribution in [0.25, 0.3) is 0 Å². The first-order valence-corrected chi connectivity index (χ1v) is 7.40. The summed E-state index contributed by atoms with van der Waals surface area (Å²) < 4.78 is 15.5. The Kier molecular flexibility index (Phi) is 4.04. The number of halogens is 1. The fourth-order valence-corrected chi connectivity index (χ4v) is 2.93. The van der Waals surface area contributed by atoms with Gasteiger partial charge in [-0.05, 0) is 30.9 Å². The maximum absolute atomic E-state index is 13.8. The molecule has 0 radical (unpaired) electrons. The molecule has 23 heavy (non-hydrogen) atoms. The molecule has 1 aliphatic carbocycles. The Hall–Kier alpha value is -2.41. The number of aryl methyl sites for hydroxylation is 1. The van der Waals surface area contributed by atoms with Gasteiger partial charge in [0.05, 0.1) is 18.3 Å². The zero-order valence-electron chi connectivity index (χ0n) is 12.6. The molecular formula is C16H18FN3O3. The molecule has 1 atom stereocenters. The molecule has 7 heteroatoms. The normalized spacial score (nSPS) is 21.5. The van der Waals surface area contributed by atoms with E-state index in [1.165, 1.54) is 12.1 Å². The van der Waals surface area contributed by atoms with Gasteiger partial charge in [0.1, 0.15) is 17.1 Å². The van der Waals surface area contributed by atoms with Gasteiger partial charge in [-0.15, -0.1) is 0 Å². The van der Waals surface area contributed by atoms with Crippen LogP contribution in [0.5, 0.6) is 5.75 Å². The lowest BCUT2D eigenvalue weighted by molar-refractivity contribution is 0.0234. The minimum Gasteiger partial charge on any atom is -0.507 e. The summed E-state index contributed by atoms with van der Waals surface area (Å²) in [5, 5.41) is 26.1. The van der Waals surface area contributed by atoms with Gasteiger partial charge in [-0.25, -0.2) is 4.39 Å². The van der Waals surface area contributed by atoms with E-state index >= 15 is 0 Å². The average molecular weight is 319 g/mol. The van der Waals surface area contributed by atoms with Gasteiger partial charge in [0.15, 0.2) is 0 Å². The Morgan fingerprint density at radius 2 is 2.22 bits per heavy atom. The van der Waals surface area contributed by atoms with Crippen LogP contribution >= 0.6 is 0 Å². The first-order valence-electron chi connectivity index (χ1n) is 7.40. The predicted molar refractivity (Wildman–Crippen MR) is 80.2 cm³/mol. The number of nitrogens with zero attached hydrogens (tertiary/aromatic N) is 2. The van der Waals surface area contributed by atoms with Crippen LogP contribution in [-0.2, 0) is 7.05 Å². The largest absolute Gasteiger partial charge is 0.507 e. The molecule has 1 fully saturated rings. The van der Waals surface area contributed by atoms with Gasteiger partial charge in [-0.3, -0.25) is 9.48 Å². The Morgan fingerprint density at radius 1 is 1.48 bits per heavy atom. The fraction of sp³-hybridized carbons (Fsp3) is 0.375. The van der Waals surface area contributed by atoms with Gasteiger partial charge in [-0.2, -0.15) is 5.10 Å². The van der Waals surface area contributed by atoms with Crippen molar-refractivity contribution in [3.63, 3.8) is 0 Å². The molecule has 6 nitrogen and oxygen atoms in total. The molecule has 1 saturated carbocycles. The van der Waals surface area contributed by atoms with E-state index in [1.54, 1.807) is 24.1 Å². The Labute approximate surface area is 132 Å². The van der Waals surface area contributed by atoms with Gasteiger partial charge in [0, 0.05) is 18.8 Å². The van der Waals surface area contributed by atoms with Crippen LogP contribution in [0.3, 0.4) is 0 Å². The highest BCUT2D eigenvalue weighted by molar-refractivity contribution is 5.97. The summed E-state index contributed by atoms with van der Waals surface area (Å²) in [4.78, 5) is 12.4. The molecule has 1 heterocycles. The number of benzene rings is 1. The van der Waals surface area contributed by atoms with Gasteiger partial charge < -0.3 is 15.5 Å². The summed E-state index contributed by atoms with van der Waals surface area (Å²) >= 11 is 0. The van der Waals surface area contributed by atoms with E-state index in [0.29, 0.717) is 12.8 Å². The molecule has 0 saturated heterocycles. The monoisotopic (exact) mass is 319 g/mol. The molecule has 1 aliphatic rings. The zero-order chi connectivity index (χ0) is 16.6. The zero-order valence-corrected chi connectivity index (χ0v) is 12.6. The van der Waals surface area contributed by atoms with Gasteiger partial charge in [0.2, 0.25) is 0 Å². The van der Waals surface area contributed by atoms with Crippen molar-refractivity contribution in [3.8, 4) is 5.75 Å². The SMILES string of the molecule is Cn1cc(C(NC(=O)c2c(O)cccc2F)C2CC(O)C2)cn1. The molecule has 1 aromatic carbocycles. The molecule has 0 aliphatic heterocycles. The quantitative estimate of drug-likeness (QED) is 0.797. The molecule has 122 valence electrons. The van der Waals surface area contributed by atoms with Crippen molar-refractivity contribution in [1.82, 2.24) is 15.1 Å². The number of aromatic hydroxyl groups is 1. The Balaban J connectivity index is 1.85. The molecule has 3 N–H and O–H groups in total. The minimum atomic E-state index is -0.777. The summed E-state index contributed by atoms with van der Waals surface area (Å²) in [6, 6.07) is 3.34. The summed E-state index contributed by atoms with van der Waals surface area (Å²) in [7, 11) is 1.76. The lowest BCUT2D eigenvalue weighted by Crippen LogP contribution is -2.41. The third-order valence-corrected chi connectivity index (χ3v) is 4.21. The smallest absolute Gasteiger partial charge is 0.258 e. The number of hydrogen-bond acceptors (Lipinski definition) is 4. The maximum atomic E-state index is 13.8. The number of nitrogens with one attached hydrogen (secondary N) is 1. The fourth-order valence-electron chi connectivity index (χ4n) is 2.93. The van der Waals surface area contributed by atoms with Crippen LogP contribution < -0.4 is 5.32 Å². The van der Waals surface area contributed by atoms with E-state index < -0.39 is 23.5 Å². The molecular weight excluding hydrogens is 301 g/mol. The van der Waals surface area contributed by atoms with Crippen molar-refractivity contribution in [3.05, 3.63) is 47.5 Å². The van der Waals surface area contributed by atoms with Crippen LogP contribution in [0, 0.1) is 11.7 Å². The second-order valence-corrected chi connectivity index (χ2v) is 5.92. The molecule has 0 bridgehead atoms. The van der Waals surface area contributed by atoms with Crippen LogP contribution in [0.2, 0.25) is 0 Å². The van der Waals surface area contributed by atoms with E-state index in [9.17, 15) is 19.4 Å². The molecule has 1 aromatic heterocycles. The number of phenols is 1. The third kappa shape index (κ3) is 3.05. The van der Waals surface area contributed by atoms with Gasteiger partial charge >= 0.3 is 0 Å². The van der Waals surface area contributed by atoms with Crippen LogP contribution in [-0.4, -0.2) is 32.0 Å². The Morgan fingerprint density at radius 3 is 2.78 bits per heavy atom. The number of hydrogen-bond donors (Lipinski definition) is 3. The number of aliphatic hydroxyl groups excluding tert-OH is 1. The lowest BCUT2D eigenvalue weighted by Gasteiger charge is -2.37. The van der Waals surface area contributed by atoms with Crippen molar-refractivity contribution in [2.45, 2.75) is 25.0 Å². The number of carbonyl (C=O) groups is 1. The standard InChI is InChI=1S/C16H18FN3O3/c1-20-8-10(7-18-20)15(9-5-11(21)6-9)19-16(23)14-12(17)3-2-4-13(14)22/h2-4,7-9,11,15,21-22H,5-6H2,1H3,(H,19,23). The highest BCUT2D eigenvalue weighted by Crippen LogP contribution is 2.38. The van der Waals surface area contributed by atoms with Crippen LogP contribution in [0.4, 0.5) is 4.39 Å². The summed E-state index contributed by atoms with van der Waals surface area (Å²) in [6.45, 7) is 0. The van der Waals surface area contributed by atoms with Crippen LogP contribution in [0.15, 0.2) is 30.6 Å². The van der Waals surface area contributed by atoms with E-state index in [2.05, 4.69) is 10.4 Å². The van der Waals surface area contributed by atoms with Crippen molar-refractivity contribution in [1.29, 1.82) is 0 Å². The van der Waals surface area contributed by atoms with E-state index in [1.807, 2.05) is 0 Å². The molecule has 0 spiro atoms. The van der Waals surface area contributed by atoms with Gasteiger partial charge in [0.25, 0.3) is 5.91 Å². The predicted octanol–water partition coefficient (Wildman–Crippen LogP) is 1.51. The molecule has 1 unspecified atom stereocenters. The topological polar surface area (TPSA) is 87.4 Å².